The van der Waals surface area contributed by atoms with E-state index in [2.05, 4.69) is 17.3 Å². The summed E-state index contributed by atoms with van der Waals surface area (Å²) < 4.78 is 14.9. The molecule has 1 fully saturated rings. The maximum absolute atomic E-state index is 13.2. The zero-order valence-corrected chi connectivity index (χ0v) is 14.8. The Morgan fingerprint density at radius 2 is 2.12 bits per heavy atom. The second-order valence-corrected chi connectivity index (χ2v) is 6.70. The highest BCUT2D eigenvalue weighted by Gasteiger charge is 2.36. The molecule has 1 aliphatic heterocycles. The Kier molecular flexibility index (Phi) is 5.48. The molecule has 0 unspecified atom stereocenters. The fourth-order valence-corrected chi connectivity index (χ4v) is 3.50. The van der Waals surface area contributed by atoms with Crippen LogP contribution in [0.25, 0.3) is 0 Å². The maximum Gasteiger partial charge on any atom is 0.227 e. The SMILES string of the molecule is CCCN(Cc1ccc(F)cc1)C(=O)[C@H]1CNC[C@@H]1c1cnn(C)c1. The third kappa shape index (κ3) is 4.07. The quantitative estimate of drug-likeness (QED) is 0.875. The van der Waals surface area contributed by atoms with Gasteiger partial charge in [0.1, 0.15) is 5.82 Å². The molecule has 1 saturated heterocycles. The van der Waals surface area contributed by atoms with E-state index in [0.717, 1.165) is 24.1 Å². The average molecular weight is 344 g/mol. The molecule has 1 amide bonds. The lowest BCUT2D eigenvalue weighted by Crippen LogP contribution is -2.38. The summed E-state index contributed by atoms with van der Waals surface area (Å²) in [6, 6.07) is 6.38. The summed E-state index contributed by atoms with van der Waals surface area (Å²) in [5.41, 5.74) is 2.05. The Morgan fingerprint density at radius 1 is 1.36 bits per heavy atom. The zero-order valence-electron chi connectivity index (χ0n) is 14.8. The zero-order chi connectivity index (χ0) is 17.8. The number of rotatable bonds is 6. The minimum atomic E-state index is -0.256. The van der Waals surface area contributed by atoms with Gasteiger partial charge in [0, 0.05) is 45.3 Å². The van der Waals surface area contributed by atoms with E-state index in [9.17, 15) is 9.18 Å². The minimum Gasteiger partial charge on any atom is -0.338 e. The molecule has 2 heterocycles. The number of aryl methyl sites for hydroxylation is 1. The molecule has 0 spiro atoms. The normalized spacial score (nSPS) is 20.0. The molecule has 0 bridgehead atoms. The number of carbonyl (C=O) groups excluding carboxylic acids is 1. The largest absolute Gasteiger partial charge is 0.338 e. The molecule has 2 atom stereocenters. The second kappa shape index (κ2) is 7.78. The van der Waals surface area contributed by atoms with E-state index in [4.69, 9.17) is 0 Å². The van der Waals surface area contributed by atoms with Crippen LogP contribution >= 0.6 is 0 Å². The summed E-state index contributed by atoms with van der Waals surface area (Å²) in [5.74, 6) is -0.0382. The Morgan fingerprint density at radius 3 is 2.76 bits per heavy atom. The third-order valence-corrected chi connectivity index (χ3v) is 4.78. The lowest BCUT2D eigenvalue weighted by Gasteiger charge is -2.27. The van der Waals surface area contributed by atoms with Crippen LogP contribution in [-0.4, -0.2) is 40.2 Å². The fourth-order valence-electron chi connectivity index (χ4n) is 3.50. The maximum atomic E-state index is 13.2. The van der Waals surface area contributed by atoms with Crippen LogP contribution in [0, 0.1) is 11.7 Å². The van der Waals surface area contributed by atoms with Gasteiger partial charge in [-0.05, 0) is 29.7 Å². The van der Waals surface area contributed by atoms with Crippen LogP contribution in [0.4, 0.5) is 4.39 Å². The highest BCUT2D eigenvalue weighted by atomic mass is 19.1. The van der Waals surface area contributed by atoms with Crippen molar-refractivity contribution in [1.82, 2.24) is 20.0 Å². The van der Waals surface area contributed by atoms with E-state index in [-0.39, 0.29) is 23.6 Å². The predicted octanol–water partition coefficient (Wildman–Crippen LogP) is 2.30. The van der Waals surface area contributed by atoms with Gasteiger partial charge in [-0.3, -0.25) is 9.48 Å². The first-order chi connectivity index (χ1) is 12.1. The molecule has 0 saturated carbocycles. The average Bonchev–Trinajstić information content (AvgIpc) is 3.24. The molecule has 1 aliphatic rings. The van der Waals surface area contributed by atoms with Gasteiger partial charge in [0.15, 0.2) is 0 Å². The molecule has 25 heavy (non-hydrogen) atoms. The molecule has 5 nitrogen and oxygen atoms in total. The number of benzene rings is 1. The summed E-state index contributed by atoms with van der Waals surface area (Å²) in [5, 5.41) is 7.59. The van der Waals surface area contributed by atoms with E-state index >= 15 is 0 Å². The fraction of sp³-hybridized carbons (Fsp3) is 0.474. The summed E-state index contributed by atoms with van der Waals surface area (Å²) in [6.45, 7) is 4.76. The van der Waals surface area contributed by atoms with Gasteiger partial charge in [0.2, 0.25) is 5.91 Å². The summed E-state index contributed by atoms with van der Waals surface area (Å²) in [6.07, 6.45) is 4.73. The molecular formula is C19H25FN4O. The second-order valence-electron chi connectivity index (χ2n) is 6.70. The lowest BCUT2D eigenvalue weighted by atomic mass is 9.89. The Bertz CT molecular complexity index is 712. The van der Waals surface area contributed by atoms with Crippen molar-refractivity contribution >= 4 is 5.91 Å². The standard InChI is InChI=1S/C19H25FN4O/c1-3-8-24(12-14-4-6-16(20)7-5-14)19(25)18-11-21-10-17(18)15-9-22-23(2)13-15/h4-7,9,13,17-18,21H,3,8,10-12H2,1-2H3/t17-,18+/m1/s1. The van der Waals surface area contributed by atoms with Crippen molar-refractivity contribution in [2.45, 2.75) is 25.8 Å². The van der Waals surface area contributed by atoms with E-state index in [1.165, 1.54) is 12.1 Å². The van der Waals surface area contributed by atoms with Gasteiger partial charge in [-0.25, -0.2) is 4.39 Å². The molecule has 2 aromatic rings. The summed E-state index contributed by atoms with van der Waals surface area (Å²) >= 11 is 0. The van der Waals surface area contributed by atoms with Crippen molar-refractivity contribution in [1.29, 1.82) is 0 Å². The van der Waals surface area contributed by atoms with Gasteiger partial charge in [-0.15, -0.1) is 0 Å². The summed E-state index contributed by atoms with van der Waals surface area (Å²) in [7, 11) is 1.89. The molecule has 0 radical (unpaired) electrons. The van der Waals surface area contributed by atoms with Gasteiger partial charge in [-0.2, -0.15) is 5.10 Å². The highest BCUT2D eigenvalue weighted by molar-refractivity contribution is 5.80. The topological polar surface area (TPSA) is 50.2 Å². The molecule has 3 rings (SSSR count). The van der Waals surface area contributed by atoms with E-state index in [1.54, 1.807) is 16.8 Å². The predicted molar refractivity (Wildman–Crippen MR) is 94.4 cm³/mol. The Hall–Kier alpha value is -2.21. The van der Waals surface area contributed by atoms with Crippen LogP contribution < -0.4 is 5.32 Å². The van der Waals surface area contributed by atoms with Gasteiger partial charge in [0.05, 0.1) is 12.1 Å². The number of aromatic nitrogens is 2. The molecule has 1 N–H and O–H groups in total. The van der Waals surface area contributed by atoms with Gasteiger partial charge >= 0.3 is 0 Å². The first-order valence-electron chi connectivity index (χ1n) is 8.81. The molecule has 134 valence electrons. The number of halogens is 1. The summed E-state index contributed by atoms with van der Waals surface area (Å²) in [4.78, 5) is 15.1. The number of hydrogen-bond acceptors (Lipinski definition) is 3. The Labute approximate surface area is 147 Å². The first kappa shape index (κ1) is 17.6. The van der Waals surface area contributed by atoms with E-state index in [1.807, 2.05) is 24.3 Å². The van der Waals surface area contributed by atoms with Crippen molar-refractivity contribution in [3.05, 3.63) is 53.6 Å². The monoisotopic (exact) mass is 344 g/mol. The molecular weight excluding hydrogens is 319 g/mol. The van der Waals surface area contributed by atoms with Crippen LogP contribution in [0.2, 0.25) is 0 Å². The van der Waals surface area contributed by atoms with Crippen molar-refractivity contribution in [2.75, 3.05) is 19.6 Å². The van der Waals surface area contributed by atoms with Crippen LogP contribution in [0.1, 0.15) is 30.4 Å². The number of carbonyl (C=O) groups is 1. The number of amides is 1. The van der Waals surface area contributed by atoms with Gasteiger partial charge in [-0.1, -0.05) is 19.1 Å². The molecule has 1 aromatic heterocycles. The van der Waals surface area contributed by atoms with E-state index < -0.39 is 0 Å². The smallest absolute Gasteiger partial charge is 0.227 e. The minimum absolute atomic E-state index is 0.0869. The van der Waals surface area contributed by atoms with Gasteiger partial charge < -0.3 is 10.2 Å². The van der Waals surface area contributed by atoms with Crippen LogP contribution in [0.3, 0.4) is 0 Å². The highest BCUT2D eigenvalue weighted by Crippen LogP contribution is 2.29. The van der Waals surface area contributed by atoms with Crippen LogP contribution in [0.5, 0.6) is 0 Å². The van der Waals surface area contributed by atoms with Crippen molar-refractivity contribution in [3.63, 3.8) is 0 Å². The van der Waals surface area contributed by atoms with Crippen molar-refractivity contribution in [2.24, 2.45) is 13.0 Å². The molecule has 0 aliphatic carbocycles. The third-order valence-electron chi connectivity index (χ3n) is 4.78. The van der Waals surface area contributed by atoms with Crippen molar-refractivity contribution in [3.8, 4) is 0 Å². The number of nitrogens with zero attached hydrogens (tertiary/aromatic N) is 3. The van der Waals surface area contributed by atoms with Crippen molar-refractivity contribution < 1.29 is 9.18 Å². The van der Waals surface area contributed by atoms with Gasteiger partial charge in [0.25, 0.3) is 0 Å². The molecule has 6 heteroatoms. The Balaban J connectivity index is 1.75. The first-order valence-corrected chi connectivity index (χ1v) is 8.81. The number of hydrogen-bond donors (Lipinski definition) is 1. The lowest BCUT2D eigenvalue weighted by molar-refractivity contribution is -0.136. The van der Waals surface area contributed by atoms with Crippen LogP contribution in [-0.2, 0) is 18.4 Å². The van der Waals surface area contributed by atoms with E-state index in [0.29, 0.717) is 19.6 Å². The number of nitrogens with one attached hydrogen (secondary N) is 1. The van der Waals surface area contributed by atoms with Crippen LogP contribution in [0.15, 0.2) is 36.7 Å². The molecule has 1 aromatic carbocycles.